The van der Waals surface area contributed by atoms with Gasteiger partial charge in [0, 0.05) is 0 Å². The molecule has 1 aliphatic heterocycles. The van der Waals surface area contributed by atoms with Crippen molar-refractivity contribution in [2.45, 2.75) is 13.3 Å². The Balaban J connectivity index is 0. The quantitative estimate of drug-likeness (QED) is 0.468. The Morgan fingerprint density at radius 3 is 2.50 bits per heavy atom. The molecule has 0 aromatic rings. The smallest absolute Gasteiger partial charge is 1.00 e. The van der Waals surface area contributed by atoms with E-state index in [1.54, 1.807) is 6.26 Å². The molecule has 5 heteroatoms. The summed E-state index contributed by atoms with van der Waals surface area (Å²) in [5, 5.41) is 0. The first-order valence-corrected chi connectivity index (χ1v) is 5.58. The molecule has 1 heterocycles. The number of furan rings is 1. The molecule has 0 spiro atoms. The number of hydrogen-bond donors (Lipinski definition) is 0. The third-order valence-electron chi connectivity index (χ3n) is 2.13. The van der Waals surface area contributed by atoms with Crippen LogP contribution < -0.4 is 24.8 Å². The summed E-state index contributed by atoms with van der Waals surface area (Å²) in [6.07, 6.45) is 11.7. The molecule has 0 amide bonds. The molecule has 0 atom stereocenters. The topological polar surface area (TPSA) is 13.1 Å². The number of rotatable bonds is 0. The standard InChI is InChI=1S/C8H6BrO.C5H5.2ClH.Zr/c1-5-2-6-7(9)4-10-8(6)3-5;1-2-4-5-3-1;;;/h2-4H,1H3;1-3H,4H2;2*1H;/q2*-1;;;+4/p-2. The predicted octanol–water partition coefficient (Wildman–Crippen LogP) is -1.51. The molecule has 0 aromatic carbocycles. The summed E-state index contributed by atoms with van der Waals surface area (Å²) < 4.78 is 6.26. The van der Waals surface area contributed by atoms with Crippen LogP contribution in [0.5, 0.6) is 0 Å². The Bertz CT molecular complexity index is 464. The van der Waals surface area contributed by atoms with Gasteiger partial charge in [-0.1, -0.05) is 32.0 Å². The van der Waals surface area contributed by atoms with Crippen molar-refractivity contribution in [3.05, 3.63) is 52.7 Å². The van der Waals surface area contributed by atoms with E-state index >= 15 is 0 Å². The van der Waals surface area contributed by atoms with Crippen LogP contribution in [0.3, 0.4) is 0 Å². The number of halogens is 3. The summed E-state index contributed by atoms with van der Waals surface area (Å²) in [7, 11) is 0. The van der Waals surface area contributed by atoms with E-state index in [9.17, 15) is 0 Å². The minimum atomic E-state index is 0. The molecule has 0 aromatic heterocycles. The van der Waals surface area contributed by atoms with E-state index in [1.165, 1.54) is 5.56 Å². The second kappa shape index (κ2) is 10.1. The van der Waals surface area contributed by atoms with Gasteiger partial charge in [0.15, 0.2) is 0 Å². The largest absolute Gasteiger partial charge is 4.00 e. The zero-order valence-corrected chi connectivity index (χ0v) is 15.3. The number of hydrogen-bond acceptors (Lipinski definition) is 1. The maximum Gasteiger partial charge on any atom is 4.00 e. The Kier molecular flexibility index (Phi) is 11.6. The van der Waals surface area contributed by atoms with Crippen molar-refractivity contribution in [1.29, 1.82) is 0 Å². The Morgan fingerprint density at radius 1 is 1.33 bits per heavy atom. The molecule has 0 fully saturated rings. The van der Waals surface area contributed by atoms with E-state index in [0.717, 1.165) is 22.2 Å². The molecule has 0 unspecified atom stereocenters. The van der Waals surface area contributed by atoms with Gasteiger partial charge in [-0.15, -0.1) is 18.1 Å². The van der Waals surface area contributed by atoms with Crippen LogP contribution in [0.4, 0.5) is 0 Å². The van der Waals surface area contributed by atoms with Crippen LogP contribution in [-0.2, 0) is 26.2 Å². The third kappa shape index (κ3) is 5.52. The van der Waals surface area contributed by atoms with Gasteiger partial charge in [0.1, 0.15) is 0 Å². The van der Waals surface area contributed by atoms with Crippen molar-refractivity contribution < 1.29 is 55.4 Å². The summed E-state index contributed by atoms with van der Waals surface area (Å²) in [6.45, 7) is 2.06. The van der Waals surface area contributed by atoms with E-state index in [2.05, 4.69) is 41.1 Å². The van der Waals surface area contributed by atoms with Crippen molar-refractivity contribution in [3.63, 3.8) is 0 Å². The summed E-state index contributed by atoms with van der Waals surface area (Å²) >= 11 is 3.39. The average Bonchev–Trinajstić information content (AvgIpc) is 2.87. The predicted molar refractivity (Wildman–Crippen MR) is 64.9 cm³/mol. The molecular weight excluding hydrogens is 414 g/mol. The molecule has 3 aliphatic rings. The van der Waals surface area contributed by atoms with Gasteiger partial charge in [-0.3, -0.25) is 6.08 Å². The maximum atomic E-state index is 5.22. The molecule has 1 nitrogen and oxygen atoms in total. The van der Waals surface area contributed by atoms with Crippen molar-refractivity contribution >= 4 is 15.9 Å². The van der Waals surface area contributed by atoms with Crippen molar-refractivity contribution in [2.24, 2.45) is 0 Å². The van der Waals surface area contributed by atoms with Gasteiger partial charge >= 0.3 is 26.2 Å². The van der Waals surface area contributed by atoms with Gasteiger partial charge in [0.2, 0.25) is 0 Å². The summed E-state index contributed by atoms with van der Waals surface area (Å²) in [5.41, 5.74) is 2.41. The van der Waals surface area contributed by atoms with Crippen LogP contribution in [-0.4, -0.2) is 0 Å². The van der Waals surface area contributed by atoms with E-state index in [1.807, 2.05) is 18.2 Å². The van der Waals surface area contributed by atoms with Gasteiger partial charge in [-0.05, 0) is 18.9 Å². The Labute approximate surface area is 147 Å². The van der Waals surface area contributed by atoms with Gasteiger partial charge in [-0.2, -0.15) is 6.08 Å². The fourth-order valence-corrected chi connectivity index (χ4v) is 1.83. The first-order valence-electron chi connectivity index (χ1n) is 4.79. The van der Waals surface area contributed by atoms with Gasteiger partial charge in [0.05, 0.1) is 0 Å². The molecular formula is C13H11BrCl2OZr. The monoisotopic (exact) mass is 422 g/mol. The maximum absolute atomic E-state index is 5.22. The fraction of sp³-hybridized carbons (Fsp3) is 0.154. The Hall–Kier alpha value is 0.313. The second-order valence-electron chi connectivity index (χ2n) is 3.40. The molecule has 94 valence electrons. The minimum absolute atomic E-state index is 0. The number of fused-ring (bicyclic) bond motifs is 1. The Morgan fingerprint density at radius 2 is 2.06 bits per heavy atom. The minimum Gasteiger partial charge on any atom is -1.00 e. The summed E-state index contributed by atoms with van der Waals surface area (Å²) in [5.74, 6) is 0.962. The zero-order valence-electron chi connectivity index (χ0n) is 9.71. The van der Waals surface area contributed by atoms with Crippen LogP contribution in [0.1, 0.15) is 12.0 Å². The van der Waals surface area contributed by atoms with E-state index in [4.69, 9.17) is 4.42 Å². The van der Waals surface area contributed by atoms with Gasteiger partial charge < -0.3 is 29.2 Å². The van der Waals surface area contributed by atoms with E-state index in [-0.39, 0.29) is 51.0 Å². The number of aryl methyl sites for hydroxylation is 1. The van der Waals surface area contributed by atoms with Crippen LogP contribution in [0.15, 0.2) is 45.5 Å². The fourth-order valence-electron chi connectivity index (χ4n) is 1.43. The normalized spacial score (nSPS) is 11.0. The first kappa shape index (κ1) is 20.6. The SMILES string of the molecule is Cc1cc2o[cH-]c(Br)c-2c1.[C-]1=CC=CC1.[Cl-].[Cl-].[Zr+4]. The number of allylic oxidation sites excluding steroid dienone is 4. The molecule has 3 rings (SSSR count). The second-order valence-corrected chi connectivity index (χ2v) is 4.25. The van der Waals surface area contributed by atoms with Crippen LogP contribution in [0.2, 0.25) is 0 Å². The van der Waals surface area contributed by atoms with E-state index < -0.39 is 0 Å². The van der Waals surface area contributed by atoms with Crippen molar-refractivity contribution in [2.75, 3.05) is 0 Å². The third-order valence-corrected chi connectivity index (χ3v) is 2.74. The molecule has 0 radical (unpaired) electrons. The molecule has 0 saturated carbocycles. The summed E-state index contributed by atoms with van der Waals surface area (Å²) in [6, 6.07) is 4.13. The molecule has 2 aliphatic carbocycles. The van der Waals surface area contributed by atoms with Gasteiger partial charge in [0.25, 0.3) is 0 Å². The molecule has 0 bridgehead atoms. The molecule has 0 saturated heterocycles. The first-order chi connectivity index (χ1) is 7.27. The summed E-state index contributed by atoms with van der Waals surface area (Å²) in [4.78, 5) is 0. The molecule has 18 heavy (non-hydrogen) atoms. The van der Waals surface area contributed by atoms with Gasteiger partial charge in [-0.25, -0.2) is 12.2 Å². The van der Waals surface area contributed by atoms with Crippen LogP contribution in [0, 0.1) is 13.0 Å². The zero-order chi connectivity index (χ0) is 10.7. The van der Waals surface area contributed by atoms with Crippen molar-refractivity contribution in [3.8, 4) is 11.3 Å². The molecule has 0 N–H and O–H groups in total. The van der Waals surface area contributed by atoms with E-state index in [0.29, 0.717) is 0 Å². The van der Waals surface area contributed by atoms with Crippen LogP contribution in [0.25, 0.3) is 11.3 Å². The van der Waals surface area contributed by atoms with Crippen molar-refractivity contribution in [1.82, 2.24) is 0 Å². The van der Waals surface area contributed by atoms with Crippen LogP contribution >= 0.6 is 15.9 Å². The average molecular weight is 425 g/mol.